The Morgan fingerprint density at radius 2 is 0.721 bits per heavy atom. The fourth-order valence-electron chi connectivity index (χ4n) is 6.01. The fraction of sp³-hybridized carbons (Fsp3) is 0.231. The van der Waals surface area contributed by atoms with Crippen LogP contribution in [0.3, 0.4) is 0 Å². The van der Waals surface area contributed by atoms with Crippen LogP contribution in [-0.4, -0.2) is 0 Å². The van der Waals surface area contributed by atoms with Gasteiger partial charge in [0, 0.05) is 31.7 Å². The molecule has 0 aliphatic carbocycles. The van der Waals surface area contributed by atoms with Crippen LogP contribution < -0.4 is 9.80 Å². The lowest BCUT2D eigenvalue weighted by Gasteiger charge is -2.32. The van der Waals surface area contributed by atoms with Gasteiger partial charge in [0.1, 0.15) is 0 Å². The average Bonchev–Trinajstić information content (AvgIpc) is 2.93. The van der Waals surface area contributed by atoms with Gasteiger partial charge in [-0.25, -0.2) is 0 Å². The maximum absolute atomic E-state index is 3.63. The van der Waals surface area contributed by atoms with E-state index in [1.54, 1.807) is 0 Å². The summed E-state index contributed by atoms with van der Waals surface area (Å²) in [6.45, 7) is 17.9. The Balaban J connectivity index is 1.67. The normalized spacial score (nSPS) is 11.5. The molecule has 0 N–H and O–H groups in total. The van der Waals surface area contributed by atoms with Crippen molar-refractivity contribution in [3.63, 3.8) is 0 Å². The lowest BCUT2D eigenvalue weighted by molar-refractivity contribution is 0.589. The van der Waals surface area contributed by atoms with E-state index in [9.17, 15) is 0 Å². The molecular formula is C39H40Br2N2. The minimum Gasteiger partial charge on any atom is -0.310 e. The van der Waals surface area contributed by atoms with E-state index in [-0.39, 0.29) is 5.41 Å². The van der Waals surface area contributed by atoms with Gasteiger partial charge >= 0.3 is 0 Å². The quantitative estimate of drug-likeness (QED) is 0.174. The zero-order valence-electron chi connectivity index (χ0n) is 26.4. The lowest BCUT2D eigenvalue weighted by atomic mass is 9.84. The summed E-state index contributed by atoms with van der Waals surface area (Å²) in [7, 11) is 0. The van der Waals surface area contributed by atoms with Crippen LogP contribution in [0, 0.1) is 34.6 Å². The van der Waals surface area contributed by atoms with Gasteiger partial charge in [-0.2, -0.15) is 0 Å². The Morgan fingerprint density at radius 3 is 1.02 bits per heavy atom. The first-order chi connectivity index (χ1) is 20.3. The van der Waals surface area contributed by atoms with Crippen LogP contribution in [0.5, 0.6) is 0 Å². The Labute approximate surface area is 274 Å². The molecule has 5 aromatic rings. The molecule has 0 spiro atoms. The number of hydrogen-bond acceptors (Lipinski definition) is 2. The molecule has 0 heterocycles. The van der Waals surface area contributed by atoms with E-state index in [1.807, 2.05) is 0 Å². The SMILES string of the molecule is Cc1cc(C)c(N(c2ccc(Br)cc2)c2ccc(N(c3ccc(Br)cc3)c3c(C)cc(C(C)(C)C)cc3C)cc2)c(C)c1. The van der Waals surface area contributed by atoms with Crippen LogP contribution in [0.4, 0.5) is 34.1 Å². The second kappa shape index (κ2) is 12.3. The Morgan fingerprint density at radius 1 is 0.442 bits per heavy atom. The molecule has 0 saturated heterocycles. The van der Waals surface area contributed by atoms with E-state index in [4.69, 9.17) is 0 Å². The minimum atomic E-state index is 0.0842. The van der Waals surface area contributed by atoms with Crippen molar-refractivity contribution in [2.45, 2.75) is 60.8 Å². The molecule has 0 unspecified atom stereocenters. The molecule has 0 saturated carbocycles. The molecule has 0 aliphatic heterocycles. The van der Waals surface area contributed by atoms with Crippen LogP contribution in [-0.2, 0) is 5.41 Å². The van der Waals surface area contributed by atoms with E-state index in [2.05, 4.69) is 194 Å². The molecule has 4 heteroatoms. The highest BCUT2D eigenvalue weighted by molar-refractivity contribution is 9.10. The van der Waals surface area contributed by atoms with Crippen LogP contribution >= 0.6 is 31.9 Å². The summed E-state index contributed by atoms with van der Waals surface area (Å²) in [6.07, 6.45) is 0. The van der Waals surface area contributed by atoms with Gasteiger partial charge in [-0.1, -0.05) is 82.5 Å². The number of hydrogen-bond donors (Lipinski definition) is 0. The van der Waals surface area contributed by atoms with Gasteiger partial charge in [-0.3, -0.25) is 0 Å². The van der Waals surface area contributed by atoms with Gasteiger partial charge in [0.15, 0.2) is 0 Å². The number of halogens is 2. The minimum absolute atomic E-state index is 0.0842. The van der Waals surface area contributed by atoms with E-state index in [1.165, 1.54) is 44.8 Å². The van der Waals surface area contributed by atoms with Crippen molar-refractivity contribution >= 4 is 66.0 Å². The predicted molar refractivity (Wildman–Crippen MR) is 194 cm³/mol. The Kier molecular flexibility index (Phi) is 8.92. The van der Waals surface area contributed by atoms with Crippen molar-refractivity contribution in [3.05, 3.63) is 139 Å². The summed E-state index contributed by atoms with van der Waals surface area (Å²) >= 11 is 7.25. The summed E-state index contributed by atoms with van der Waals surface area (Å²) in [4.78, 5) is 4.76. The van der Waals surface area contributed by atoms with E-state index in [0.29, 0.717) is 0 Å². The predicted octanol–water partition coefficient (Wildman–Crippen LogP) is 13.0. The molecule has 0 aromatic heterocycles. The van der Waals surface area contributed by atoms with Gasteiger partial charge in [0.25, 0.3) is 0 Å². The summed E-state index contributed by atoms with van der Waals surface area (Å²) in [5.74, 6) is 0. The molecule has 0 fully saturated rings. The zero-order chi connectivity index (χ0) is 31.1. The van der Waals surface area contributed by atoms with Crippen molar-refractivity contribution < 1.29 is 0 Å². The van der Waals surface area contributed by atoms with Gasteiger partial charge in [-0.05, 0) is 141 Å². The summed E-state index contributed by atoms with van der Waals surface area (Å²) in [5, 5.41) is 0. The number of nitrogens with zero attached hydrogens (tertiary/aromatic N) is 2. The van der Waals surface area contributed by atoms with E-state index in [0.717, 1.165) is 31.7 Å². The highest BCUT2D eigenvalue weighted by atomic mass is 79.9. The van der Waals surface area contributed by atoms with Crippen molar-refractivity contribution in [1.29, 1.82) is 0 Å². The first-order valence-electron chi connectivity index (χ1n) is 14.7. The van der Waals surface area contributed by atoms with E-state index < -0.39 is 0 Å². The maximum Gasteiger partial charge on any atom is 0.0520 e. The Hall–Kier alpha value is -3.34. The second-order valence-electron chi connectivity index (χ2n) is 12.6. The topological polar surface area (TPSA) is 6.48 Å². The smallest absolute Gasteiger partial charge is 0.0520 e. The first kappa shape index (κ1) is 31.1. The molecule has 0 amide bonds. The van der Waals surface area contributed by atoms with Crippen molar-refractivity contribution in [3.8, 4) is 0 Å². The first-order valence-corrected chi connectivity index (χ1v) is 16.3. The maximum atomic E-state index is 3.63. The van der Waals surface area contributed by atoms with Crippen molar-refractivity contribution in [1.82, 2.24) is 0 Å². The third-order valence-electron chi connectivity index (χ3n) is 7.98. The molecule has 43 heavy (non-hydrogen) atoms. The van der Waals surface area contributed by atoms with Crippen LogP contribution in [0.15, 0.2) is 106 Å². The van der Waals surface area contributed by atoms with Gasteiger partial charge in [0.2, 0.25) is 0 Å². The number of aryl methyl sites for hydroxylation is 5. The molecule has 5 aromatic carbocycles. The highest BCUT2D eigenvalue weighted by Crippen LogP contribution is 2.44. The number of rotatable bonds is 6. The molecular weight excluding hydrogens is 656 g/mol. The zero-order valence-corrected chi connectivity index (χ0v) is 29.6. The molecule has 2 nitrogen and oxygen atoms in total. The third-order valence-corrected chi connectivity index (χ3v) is 9.03. The van der Waals surface area contributed by atoms with E-state index >= 15 is 0 Å². The number of anilines is 6. The molecule has 0 radical (unpaired) electrons. The fourth-order valence-corrected chi connectivity index (χ4v) is 6.54. The van der Waals surface area contributed by atoms with Crippen LogP contribution in [0.1, 0.15) is 54.2 Å². The molecule has 5 rings (SSSR count). The van der Waals surface area contributed by atoms with Gasteiger partial charge in [-0.15, -0.1) is 0 Å². The monoisotopic (exact) mass is 694 g/mol. The Bertz CT molecular complexity index is 1700. The highest BCUT2D eigenvalue weighted by Gasteiger charge is 2.23. The molecule has 0 atom stereocenters. The van der Waals surface area contributed by atoms with Crippen molar-refractivity contribution in [2.75, 3.05) is 9.80 Å². The molecule has 0 aliphatic rings. The van der Waals surface area contributed by atoms with Crippen LogP contribution in [0.2, 0.25) is 0 Å². The summed E-state index contributed by atoms with van der Waals surface area (Å²) < 4.78 is 2.13. The van der Waals surface area contributed by atoms with Crippen molar-refractivity contribution in [2.24, 2.45) is 0 Å². The van der Waals surface area contributed by atoms with Crippen LogP contribution in [0.25, 0.3) is 0 Å². The molecule has 0 bridgehead atoms. The average molecular weight is 697 g/mol. The molecule has 220 valence electrons. The summed E-state index contributed by atoms with van der Waals surface area (Å²) in [5.41, 5.74) is 14.7. The largest absolute Gasteiger partial charge is 0.310 e. The van der Waals surface area contributed by atoms with Gasteiger partial charge < -0.3 is 9.80 Å². The van der Waals surface area contributed by atoms with Gasteiger partial charge in [0.05, 0.1) is 11.4 Å². The number of benzene rings is 5. The lowest BCUT2D eigenvalue weighted by Crippen LogP contribution is -2.17. The standard InChI is InChI=1S/C39H40Br2N2/c1-25-21-26(2)37(27(3)22-25)42(33-13-9-31(40)10-14-33)35-17-19-36(20-18-35)43(34-15-11-32(41)12-16-34)38-28(4)23-30(24-29(38)5)39(6,7)8/h9-24H,1-8H3. The summed E-state index contributed by atoms with van der Waals surface area (Å²) in [6, 6.07) is 35.4. The third kappa shape index (κ3) is 6.61. The second-order valence-corrected chi connectivity index (χ2v) is 14.4.